The number of nitrogens with zero attached hydrogens (tertiary/aromatic N) is 5. The summed E-state index contributed by atoms with van der Waals surface area (Å²) in [7, 11) is 0. The zero-order valence-corrected chi connectivity index (χ0v) is 14.9. The average Bonchev–Trinajstić information content (AvgIpc) is 3.38. The van der Waals surface area contributed by atoms with E-state index in [2.05, 4.69) is 15.4 Å². The van der Waals surface area contributed by atoms with Gasteiger partial charge in [0.2, 0.25) is 11.7 Å². The van der Waals surface area contributed by atoms with E-state index in [4.69, 9.17) is 0 Å². The number of aromatic nitrogens is 4. The van der Waals surface area contributed by atoms with Crippen LogP contribution in [0.2, 0.25) is 0 Å². The fourth-order valence-electron chi connectivity index (χ4n) is 3.27. The molecule has 1 atom stereocenters. The van der Waals surface area contributed by atoms with E-state index in [9.17, 15) is 9.18 Å². The lowest BCUT2D eigenvalue weighted by Gasteiger charge is -2.24. The van der Waals surface area contributed by atoms with Gasteiger partial charge in [-0.2, -0.15) is 4.80 Å². The second-order valence-corrected chi connectivity index (χ2v) is 7.24. The van der Waals surface area contributed by atoms with Crippen molar-refractivity contribution >= 4 is 17.2 Å². The number of rotatable bonds is 5. The Morgan fingerprint density at radius 3 is 2.96 bits per heavy atom. The molecular formula is C18H18FN5OS. The van der Waals surface area contributed by atoms with Gasteiger partial charge in [0.05, 0.1) is 23.9 Å². The van der Waals surface area contributed by atoms with Crippen LogP contribution in [-0.2, 0) is 17.8 Å². The largest absolute Gasteiger partial charge is 0.337 e. The van der Waals surface area contributed by atoms with Crippen molar-refractivity contribution in [2.24, 2.45) is 0 Å². The molecule has 1 amide bonds. The van der Waals surface area contributed by atoms with Crippen molar-refractivity contribution in [2.75, 3.05) is 6.54 Å². The van der Waals surface area contributed by atoms with E-state index < -0.39 is 0 Å². The molecule has 0 unspecified atom stereocenters. The van der Waals surface area contributed by atoms with E-state index >= 15 is 0 Å². The van der Waals surface area contributed by atoms with Crippen molar-refractivity contribution in [3.63, 3.8) is 0 Å². The number of benzene rings is 1. The molecule has 1 aromatic carbocycles. The second kappa shape index (κ2) is 7.33. The summed E-state index contributed by atoms with van der Waals surface area (Å²) in [5.74, 6) is 0.202. The molecule has 8 heteroatoms. The fourth-order valence-corrected chi connectivity index (χ4v) is 3.92. The van der Waals surface area contributed by atoms with Crippen LogP contribution in [0.4, 0.5) is 4.39 Å². The summed E-state index contributed by atoms with van der Waals surface area (Å²) < 4.78 is 13.8. The van der Waals surface area contributed by atoms with Gasteiger partial charge in [-0.05, 0) is 41.1 Å². The van der Waals surface area contributed by atoms with Gasteiger partial charge in [-0.3, -0.25) is 4.79 Å². The molecular weight excluding hydrogens is 353 g/mol. The summed E-state index contributed by atoms with van der Waals surface area (Å²) in [6, 6.07) is 10.3. The number of amides is 1. The third-order valence-electron chi connectivity index (χ3n) is 4.57. The number of hydrogen-bond donors (Lipinski definition) is 0. The Hall–Kier alpha value is -2.61. The number of halogens is 1. The van der Waals surface area contributed by atoms with Gasteiger partial charge in [0.1, 0.15) is 5.82 Å². The number of hydrogen-bond acceptors (Lipinski definition) is 5. The van der Waals surface area contributed by atoms with E-state index in [1.165, 1.54) is 6.07 Å². The van der Waals surface area contributed by atoms with Gasteiger partial charge in [-0.15, -0.1) is 21.5 Å². The summed E-state index contributed by atoms with van der Waals surface area (Å²) in [5, 5.41) is 14.6. The molecule has 1 aliphatic heterocycles. The van der Waals surface area contributed by atoms with Crippen LogP contribution >= 0.6 is 11.3 Å². The molecule has 0 aliphatic carbocycles. The van der Waals surface area contributed by atoms with Crippen LogP contribution in [-0.4, -0.2) is 43.6 Å². The molecule has 3 aromatic rings. The third kappa shape index (κ3) is 3.50. The molecule has 0 saturated carbocycles. The van der Waals surface area contributed by atoms with E-state index in [1.54, 1.807) is 34.3 Å². The topological polar surface area (TPSA) is 63.9 Å². The zero-order chi connectivity index (χ0) is 17.9. The van der Waals surface area contributed by atoms with Crippen molar-refractivity contribution in [2.45, 2.75) is 31.8 Å². The molecule has 1 saturated heterocycles. The highest BCUT2D eigenvalue weighted by Gasteiger charge is 2.30. The van der Waals surface area contributed by atoms with E-state index in [0.717, 1.165) is 17.7 Å². The van der Waals surface area contributed by atoms with Gasteiger partial charge in [0.25, 0.3) is 0 Å². The lowest BCUT2D eigenvalue weighted by Crippen LogP contribution is -2.39. The number of carbonyl (C=O) groups excluding carboxylic acids is 1. The van der Waals surface area contributed by atoms with Crippen LogP contribution < -0.4 is 0 Å². The minimum atomic E-state index is -0.338. The molecule has 1 fully saturated rings. The molecule has 0 radical (unpaired) electrons. The van der Waals surface area contributed by atoms with E-state index in [-0.39, 0.29) is 24.2 Å². The van der Waals surface area contributed by atoms with Crippen LogP contribution in [0.15, 0.2) is 41.8 Å². The van der Waals surface area contributed by atoms with Gasteiger partial charge >= 0.3 is 0 Å². The monoisotopic (exact) mass is 371 g/mol. The Kier molecular flexibility index (Phi) is 4.75. The van der Waals surface area contributed by atoms with Crippen molar-refractivity contribution in [1.82, 2.24) is 25.1 Å². The molecule has 0 N–H and O–H groups in total. The van der Waals surface area contributed by atoms with Crippen molar-refractivity contribution < 1.29 is 9.18 Å². The number of carbonyl (C=O) groups is 1. The molecule has 134 valence electrons. The lowest BCUT2D eigenvalue weighted by molar-refractivity contribution is -0.131. The molecule has 3 heterocycles. The first-order chi connectivity index (χ1) is 12.7. The summed E-state index contributed by atoms with van der Waals surface area (Å²) in [6.45, 7) is 1.19. The Balaban J connectivity index is 1.43. The Labute approximate surface area is 154 Å². The van der Waals surface area contributed by atoms with Crippen LogP contribution in [0.1, 0.15) is 18.4 Å². The van der Waals surface area contributed by atoms with Gasteiger partial charge in [0, 0.05) is 6.54 Å². The molecule has 2 aromatic heterocycles. The Bertz CT molecular complexity index is 895. The van der Waals surface area contributed by atoms with Gasteiger partial charge in [-0.25, -0.2) is 4.39 Å². The SMILES string of the molecule is O=C(Cc1ccccc1F)N1CCC[C@@H]1Cn1nnc(-c2cccs2)n1. The predicted octanol–water partition coefficient (Wildman–Crippen LogP) is 2.77. The second-order valence-electron chi connectivity index (χ2n) is 6.30. The molecule has 26 heavy (non-hydrogen) atoms. The maximum Gasteiger partial charge on any atom is 0.227 e. The highest BCUT2D eigenvalue weighted by Crippen LogP contribution is 2.22. The standard InChI is InChI=1S/C18H18FN5OS/c19-15-7-2-1-5-13(15)11-17(25)23-9-3-6-14(23)12-24-21-18(20-22-24)16-8-4-10-26-16/h1-2,4-5,7-8,10,14H,3,6,9,11-12H2/t14-/m1/s1. The lowest BCUT2D eigenvalue weighted by atomic mass is 10.1. The number of tetrazole rings is 1. The minimum Gasteiger partial charge on any atom is -0.337 e. The van der Waals surface area contributed by atoms with Gasteiger partial charge in [0.15, 0.2) is 0 Å². The quantitative estimate of drug-likeness (QED) is 0.692. The van der Waals surface area contributed by atoms with Crippen molar-refractivity contribution in [3.8, 4) is 10.7 Å². The van der Waals surface area contributed by atoms with Crippen LogP contribution in [0.3, 0.4) is 0 Å². The summed E-state index contributed by atoms with van der Waals surface area (Å²) in [4.78, 5) is 17.0. The fraction of sp³-hybridized carbons (Fsp3) is 0.333. The number of likely N-dealkylation sites (tertiary alicyclic amines) is 1. The first-order valence-electron chi connectivity index (χ1n) is 8.55. The van der Waals surface area contributed by atoms with Crippen molar-refractivity contribution in [1.29, 1.82) is 0 Å². The number of thiophene rings is 1. The Morgan fingerprint density at radius 1 is 1.27 bits per heavy atom. The normalized spacial score (nSPS) is 17.0. The molecule has 6 nitrogen and oxygen atoms in total. The summed E-state index contributed by atoms with van der Waals surface area (Å²) in [6.07, 6.45) is 1.90. The summed E-state index contributed by atoms with van der Waals surface area (Å²) in [5.41, 5.74) is 0.432. The summed E-state index contributed by atoms with van der Waals surface area (Å²) >= 11 is 1.56. The van der Waals surface area contributed by atoms with Crippen LogP contribution in [0.25, 0.3) is 10.7 Å². The highest BCUT2D eigenvalue weighted by atomic mass is 32.1. The zero-order valence-electron chi connectivity index (χ0n) is 14.1. The van der Waals surface area contributed by atoms with Gasteiger partial charge < -0.3 is 4.90 Å². The minimum absolute atomic E-state index is 0.0136. The average molecular weight is 371 g/mol. The first-order valence-corrected chi connectivity index (χ1v) is 9.43. The molecule has 1 aliphatic rings. The first kappa shape index (κ1) is 16.8. The maximum atomic E-state index is 13.8. The van der Waals surface area contributed by atoms with E-state index in [0.29, 0.717) is 24.5 Å². The molecule has 4 rings (SSSR count). The Morgan fingerprint density at radius 2 is 2.15 bits per heavy atom. The smallest absolute Gasteiger partial charge is 0.227 e. The third-order valence-corrected chi connectivity index (χ3v) is 5.43. The van der Waals surface area contributed by atoms with Crippen LogP contribution in [0, 0.1) is 5.82 Å². The maximum absolute atomic E-state index is 13.8. The van der Waals surface area contributed by atoms with Crippen LogP contribution in [0.5, 0.6) is 0 Å². The molecule has 0 spiro atoms. The highest BCUT2D eigenvalue weighted by molar-refractivity contribution is 7.13. The van der Waals surface area contributed by atoms with Crippen molar-refractivity contribution in [3.05, 3.63) is 53.2 Å². The predicted molar refractivity (Wildman–Crippen MR) is 96.0 cm³/mol. The van der Waals surface area contributed by atoms with Gasteiger partial charge in [-0.1, -0.05) is 24.3 Å². The molecule has 0 bridgehead atoms. The van der Waals surface area contributed by atoms with E-state index in [1.807, 2.05) is 22.4 Å².